The van der Waals surface area contributed by atoms with Crippen LogP contribution >= 0.6 is 0 Å². The lowest BCUT2D eigenvalue weighted by molar-refractivity contribution is 0.597. The molecule has 0 atom stereocenters. The van der Waals surface area contributed by atoms with E-state index >= 15 is 0 Å². The second-order valence-electron chi connectivity index (χ2n) is 10.7. The SMILES string of the molecule is CCCCC[Si]1(c2ccccc2)CCC(c2ccc(-c3ccccc3F)c(-c3ccc(F)cc3)c2)CC1. The summed E-state index contributed by atoms with van der Waals surface area (Å²) in [5.74, 6) is 0.0105. The molecule has 1 aliphatic heterocycles. The molecule has 0 N–H and O–H groups in total. The molecule has 0 amide bonds. The maximum atomic E-state index is 14.8. The first-order chi connectivity index (χ1) is 18.1. The van der Waals surface area contributed by atoms with E-state index in [1.807, 2.05) is 12.1 Å². The van der Waals surface area contributed by atoms with Gasteiger partial charge in [-0.15, -0.1) is 0 Å². The molecule has 0 unspecified atom stereocenters. The minimum absolute atomic E-state index is 0.234. The molecular weight excluding hydrogens is 474 g/mol. The molecule has 4 aromatic carbocycles. The molecule has 0 bridgehead atoms. The Balaban J connectivity index is 1.46. The van der Waals surface area contributed by atoms with Gasteiger partial charge in [0, 0.05) is 5.56 Å². The van der Waals surface area contributed by atoms with E-state index in [0.717, 1.165) is 16.7 Å². The molecule has 5 rings (SSSR count). The van der Waals surface area contributed by atoms with E-state index in [1.54, 1.807) is 23.4 Å². The van der Waals surface area contributed by atoms with E-state index < -0.39 is 8.07 Å². The molecule has 0 nitrogen and oxygen atoms in total. The molecule has 0 aromatic heterocycles. The lowest BCUT2D eigenvalue weighted by atomic mass is 9.87. The minimum Gasteiger partial charge on any atom is -0.207 e. The van der Waals surface area contributed by atoms with Gasteiger partial charge in [0.15, 0.2) is 0 Å². The number of halogens is 2. The van der Waals surface area contributed by atoms with Gasteiger partial charge < -0.3 is 0 Å². The van der Waals surface area contributed by atoms with Crippen LogP contribution in [0.15, 0.2) is 97.1 Å². The Bertz CT molecular complexity index is 1310. The average Bonchev–Trinajstić information content (AvgIpc) is 2.95. The quantitative estimate of drug-likeness (QED) is 0.163. The summed E-state index contributed by atoms with van der Waals surface area (Å²) in [7, 11) is -1.52. The lowest BCUT2D eigenvalue weighted by Crippen LogP contribution is -2.49. The first-order valence-corrected chi connectivity index (χ1v) is 16.4. The molecule has 0 spiro atoms. The van der Waals surface area contributed by atoms with Crippen molar-refractivity contribution in [3.63, 3.8) is 0 Å². The van der Waals surface area contributed by atoms with Crippen LogP contribution in [-0.2, 0) is 0 Å². The second kappa shape index (κ2) is 11.6. The zero-order chi connectivity index (χ0) is 25.7. The normalized spacial score (nSPS) is 19.6. The molecule has 1 aliphatic rings. The van der Waals surface area contributed by atoms with E-state index in [2.05, 4.69) is 55.5 Å². The van der Waals surface area contributed by atoms with Crippen LogP contribution in [0.25, 0.3) is 22.3 Å². The maximum Gasteiger partial charge on any atom is 0.131 e. The van der Waals surface area contributed by atoms with Gasteiger partial charge in [-0.25, -0.2) is 8.78 Å². The van der Waals surface area contributed by atoms with Crippen molar-refractivity contribution in [3.05, 3.63) is 114 Å². The maximum absolute atomic E-state index is 14.8. The van der Waals surface area contributed by atoms with Crippen LogP contribution in [0, 0.1) is 11.6 Å². The van der Waals surface area contributed by atoms with Crippen LogP contribution in [0.5, 0.6) is 0 Å². The molecule has 190 valence electrons. The number of unbranched alkanes of at least 4 members (excludes halogenated alkanes) is 2. The molecule has 0 aliphatic carbocycles. The van der Waals surface area contributed by atoms with Crippen LogP contribution < -0.4 is 5.19 Å². The fraction of sp³-hybridized carbons (Fsp3) is 0.294. The minimum atomic E-state index is -1.52. The van der Waals surface area contributed by atoms with Gasteiger partial charge in [0.05, 0.1) is 8.07 Å². The summed E-state index contributed by atoms with van der Waals surface area (Å²) < 4.78 is 28.5. The first-order valence-electron chi connectivity index (χ1n) is 13.8. The zero-order valence-electron chi connectivity index (χ0n) is 21.7. The Morgan fingerprint density at radius 2 is 1.41 bits per heavy atom. The fourth-order valence-corrected chi connectivity index (χ4v) is 11.5. The van der Waals surface area contributed by atoms with Gasteiger partial charge in [-0.3, -0.25) is 0 Å². The molecular formula is C34H36F2Si. The predicted octanol–water partition coefficient (Wildman–Crippen LogP) is 9.72. The molecule has 1 heterocycles. The van der Waals surface area contributed by atoms with Crippen LogP contribution in [0.2, 0.25) is 18.1 Å². The van der Waals surface area contributed by atoms with Gasteiger partial charge in [-0.05, 0) is 59.2 Å². The van der Waals surface area contributed by atoms with E-state index in [1.165, 1.54) is 74.0 Å². The van der Waals surface area contributed by atoms with Crippen LogP contribution in [0.3, 0.4) is 0 Å². The molecule has 0 saturated carbocycles. The molecule has 4 aromatic rings. The summed E-state index contributed by atoms with van der Waals surface area (Å²) in [6.45, 7) is 2.29. The molecule has 0 radical (unpaired) electrons. The van der Waals surface area contributed by atoms with Gasteiger partial charge in [-0.1, -0.05) is 128 Å². The van der Waals surface area contributed by atoms with E-state index in [-0.39, 0.29) is 11.6 Å². The van der Waals surface area contributed by atoms with Gasteiger partial charge in [0.1, 0.15) is 11.6 Å². The average molecular weight is 511 g/mol. The molecule has 37 heavy (non-hydrogen) atoms. The van der Waals surface area contributed by atoms with Crippen molar-refractivity contribution in [2.75, 3.05) is 0 Å². The van der Waals surface area contributed by atoms with Crippen molar-refractivity contribution in [1.29, 1.82) is 0 Å². The van der Waals surface area contributed by atoms with Crippen molar-refractivity contribution in [2.24, 2.45) is 0 Å². The third-order valence-electron chi connectivity index (χ3n) is 8.42. The highest BCUT2D eigenvalue weighted by molar-refractivity contribution is 6.92. The van der Waals surface area contributed by atoms with Gasteiger partial charge in [-0.2, -0.15) is 0 Å². The Kier molecular flexibility index (Phi) is 8.00. The number of rotatable bonds is 8. The highest BCUT2D eigenvalue weighted by Gasteiger charge is 2.38. The van der Waals surface area contributed by atoms with Crippen molar-refractivity contribution in [1.82, 2.24) is 0 Å². The van der Waals surface area contributed by atoms with E-state index in [4.69, 9.17) is 0 Å². The van der Waals surface area contributed by atoms with E-state index in [0.29, 0.717) is 11.5 Å². The predicted molar refractivity (Wildman–Crippen MR) is 155 cm³/mol. The topological polar surface area (TPSA) is 0 Å². The highest BCUT2D eigenvalue weighted by atomic mass is 28.3. The standard InChI is InChI=1S/C34H36F2Si/c1-2-3-9-22-37(30-10-5-4-6-11-30)23-20-26(21-24-37)28-16-19-31(32-12-7-8-13-34(32)36)33(25-28)27-14-17-29(35)18-15-27/h4-8,10-19,25-26H,2-3,9,20-24H2,1H3. The second-order valence-corrected chi connectivity index (χ2v) is 15.3. The van der Waals surface area contributed by atoms with Crippen LogP contribution in [-0.4, -0.2) is 8.07 Å². The van der Waals surface area contributed by atoms with Crippen LogP contribution in [0.4, 0.5) is 8.78 Å². The third-order valence-corrected chi connectivity index (χ3v) is 13.8. The van der Waals surface area contributed by atoms with Gasteiger partial charge in [0.2, 0.25) is 0 Å². The van der Waals surface area contributed by atoms with E-state index in [9.17, 15) is 8.78 Å². The van der Waals surface area contributed by atoms with Gasteiger partial charge in [0.25, 0.3) is 0 Å². The number of hydrogen-bond donors (Lipinski definition) is 0. The Labute approximate surface area is 221 Å². The molecule has 1 saturated heterocycles. The third kappa shape index (κ3) is 5.62. The Hall–Kier alpha value is -3.04. The lowest BCUT2D eigenvalue weighted by Gasteiger charge is -2.39. The number of hydrogen-bond acceptors (Lipinski definition) is 0. The Morgan fingerprint density at radius 1 is 0.703 bits per heavy atom. The van der Waals surface area contributed by atoms with Crippen molar-refractivity contribution >= 4 is 13.3 Å². The molecule has 1 fully saturated rings. The fourth-order valence-electron chi connectivity index (χ4n) is 6.29. The summed E-state index contributed by atoms with van der Waals surface area (Å²) in [6.07, 6.45) is 6.34. The summed E-state index contributed by atoms with van der Waals surface area (Å²) in [6, 6.07) is 35.4. The van der Waals surface area contributed by atoms with Crippen LogP contribution in [0.1, 0.15) is 50.5 Å². The smallest absolute Gasteiger partial charge is 0.131 e. The largest absolute Gasteiger partial charge is 0.207 e. The van der Waals surface area contributed by atoms with Crippen molar-refractivity contribution < 1.29 is 8.78 Å². The zero-order valence-corrected chi connectivity index (χ0v) is 22.7. The molecule has 3 heteroatoms. The Morgan fingerprint density at radius 3 is 2.11 bits per heavy atom. The monoisotopic (exact) mass is 510 g/mol. The number of benzene rings is 4. The summed E-state index contributed by atoms with van der Waals surface area (Å²) in [5, 5.41) is 1.63. The van der Waals surface area contributed by atoms with Crippen molar-refractivity contribution in [3.8, 4) is 22.3 Å². The summed E-state index contributed by atoms with van der Waals surface area (Å²) in [4.78, 5) is 0. The summed E-state index contributed by atoms with van der Waals surface area (Å²) >= 11 is 0. The highest BCUT2D eigenvalue weighted by Crippen LogP contribution is 2.43. The summed E-state index contributed by atoms with van der Waals surface area (Å²) in [5.41, 5.74) is 4.66. The van der Waals surface area contributed by atoms with Crippen molar-refractivity contribution in [2.45, 2.75) is 63.1 Å². The first kappa shape index (κ1) is 25.6. The van der Waals surface area contributed by atoms with Gasteiger partial charge >= 0.3 is 0 Å².